The summed E-state index contributed by atoms with van der Waals surface area (Å²) in [5.74, 6) is 0.186. The van der Waals surface area contributed by atoms with Gasteiger partial charge in [0.1, 0.15) is 23.6 Å². The van der Waals surface area contributed by atoms with Gasteiger partial charge in [0.15, 0.2) is 0 Å². The van der Waals surface area contributed by atoms with Crippen molar-refractivity contribution in [3.8, 4) is 6.07 Å². The summed E-state index contributed by atoms with van der Waals surface area (Å²) < 4.78 is 29.2. The molecule has 0 amide bonds. The second-order valence-electron chi connectivity index (χ2n) is 6.05. The van der Waals surface area contributed by atoms with Crippen LogP contribution in [0.25, 0.3) is 0 Å². The SMILES string of the molecule is Cc1cccc(S(=O)(=O)N2CCC[C@@H](Cn3cncn3)C2)c1C#N. The van der Waals surface area contributed by atoms with E-state index in [0.29, 0.717) is 25.2 Å². The van der Waals surface area contributed by atoms with Crippen molar-refractivity contribution >= 4 is 10.0 Å². The van der Waals surface area contributed by atoms with Crippen LogP contribution in [0.2, 0.25) is 0 Å². The van der Waals surface area contributed by atoms with E-state index in [-0.39, 0.29) is 16.4 Å². The minimum absolute atomic E-state index is 0.103. The van der Waals surface area contributed by atoms with E-state index in [9.17, 15) is 13.7 Å². The molecule has 1 aromatic heterocycles. The maximum Gasteiger partial charge on any atom is 0.244 e. The number of rotatable bonds is 4. The van der Waals surface area contributed by atoms with Crippen LogP contribution in [0.3, 0.4) is 0 Å². The lowest BCUT2D eigenvalue weighted by molar-refractivity contribution is 0.239. The molecule has 0 saturated carbocycles. The molecule has 3 rings (SSSR count). The Labute approximate surface area is 141 Å². The Kier molecular flexibility index (Phi) is 4.64. The van der Waals surface area contributed by atoms with Gasteiger partial charge in [0.25, 0.3) is 0 Å². The van der Waals surface area contributed by atoms with Crippen molar-refractivity contribution in [2.75, 3.05) is 13.1 Å². The molecular weight excluding hydrogens is 326 g/mol. The van der Waals surface area contributed by atoms with E-state index in [4.69, 9.17) is 0 Å². The third kappa shape index (κ3) is 3.18. The van der Waals surface area contributed by atoms with Crippen LogP contribution in [0.5, 0.6) is 0 Å². The molecule has 7 nitrogen and oxygen atoms in total. The van der Waals surface area contributed by atoms with Crippen molar-refractivity contribution in [1.29, 1.82) is 5.26 Å². The van der Waals surface area contributed by atoms with E-state index in [1.807, 2.05) is 6.07 Å². The minimum Gasteiger partial charge on any atom is -0.253 e. The van der Waals surface area contributed by atoms with E-state index in [1.165, 1.54) is 16.7 Å². The summed E-state index contributed by atoms with van der Waals surface area (Å²) in [7, 11) is -3.67. The molecule has 2 aromatic rings. The summed E-state index contributed by atoms with van der Waals surface area (Å²) >= 11 is 0. The van der Waals surface area contributed by atoms with Crippen molar-refractivity contribution < 1.29 is 8.42 Å². The zero-order valence-electron chi connectivity index (χ0n) is 13.5. The Morgan fingerprint density at radius 3 is 2.96 bits per heavy atom. The molecule has 0 spiro atoms. The van der Waals surface area contributed by atoms with Crippen LogP contribution in [-0.4, -0.2) is 40.6 Å². The van der Waals surface area contributed by atoms with Gasteiger partial charge < -0.3 is 0 Å². The summed E-state index contributed by atoms with van der Waals surface area (Å²) in [4.78, 5) is 4.02. The smallest absolute Gasteiger partial charge is 0.244 e. The van der Waals surface area contributed by atoms with Crippen molar-refractivity contribution in [1.82, 2.24) is 19.1 Å². The highest BCUT2D eigenvalue weighted by atomic mass is 32.2. The molecule has 1 atom stereocenters. The summed E-state index contributed by atoms with van der Waals surface area (Å²) in [6.45, 7) is 3.31. The van der Waals surface area contributed by atoms with Gasteiger partial charge in [-0.05, 0) is 37.3 Å². The monoisotopic (exact) mass is 345 g/mol. The van der Waals surface area contributed by atoms with Crippen molar-refractivity contribution in [3.63, 3.8) is 0 Å². The fraction of sp³-hybridized carbons (Fsp3) is 0.438. The maximum absolute atomic E-state index is 13.0. The number of aromatic nitrogens is 3. The van der Waals surface area contributed by atoms with Crippen LogP contribution in [-0.2, 0) is 16.6 Å². The van der Waals surface area contributed by atoms with Crippen LogP contribution in [0.15, 0.2) is 35.7 Å². The van der Waals surface area contributed by atoms with Gasteiger partial charge in [0.05, 0.1) is 5.56 Å². The van der Waals surface area contributed by atoms with Crippen LogP contribution < -0.4 is 0 Å². The van der Waals surface area contributed by atoms with Gasteiger partial charge in [-0.3, -0.25) is 4.68 Å². The molecule has 1 aliphatic rings. The van der Waals surface area contributed by atoms with Gasteiger partial charge in [-0.15, -0.1) is 0 Å². The van der Waals surface area contributed by atoms with Crippen molar-refractivity contribution in [3.05, 3.63) is 42.0 Å². The summed E-state index contributed by atoms with van der Waals surface area (Å²) in [6.07, 6.45) is 4.86. The molecular formula is C16H19N5O2S. The summed E-state index contributed by atoms with van der Waals surface area (Å²) in [5.41, 5.74) is 0.908. The molecule has 0 radical (unpaired) electrons. The molecule has 1 aliphatic heterocycles. The van der Waals surface area contributed by atoms with Crippen LogP contribution in [0.1, 0.15) is 24.0 Å². The largest absolute Gasteiger partial charge is 0.253 e. The van der Waals surface area contributed by atoms with E-state index < -0.39 is 10.0 Å². The summed E-state index contributed by atoms with van der Waals surface area (Å²) in [5, 5.41) is 13.4. The standard InChI is InChI=1S/C16H19N5O2S/c1-13-4-2-6-16(15(13)8-17)24(22,23)21-7-3-5-14(10-21)9-20-12-18-11-19-20/h2,4,6,11-12,14H,3,5,7,9-10H2,1H3/t14-/m0/s1. The zero-order chi connectivity index (χ0) is 17.2. The number of hydrogen-bond donors (Lipinski definition) is 0. The first-order chi connectivity index (χ1) is 11.5. The Hall–Kier alpha value is -2.24. The molecule has 1 fully saturated rings. The quantitative estimate of drug-likeness (QED) is 0.838. The number of hydrogen-bond acceptors (Lipinski definition) is 5. The molecule has 24 heavy (non-hydrogen) atoms. The first-order valence-corrected chi connectivity index (χ1v) is 9.28. The Balaban J connectivity index is 1.85. The molecule has 0 aliphatic carbocycles. The Bertz CT molecular complexity index is 855. The van der Waals surface area contributed by atoms with Gasteiger partial charge >= 0.3 is 0 Å². The van der Waals surface area contributed by atoms with Gasteiger partial charge in [-0.1, -0.05) is 12.1 Å². The highest BCUT2D eigenvalue weighted by molar-refractivity contribution is 7.89. The second kappa shape index (κ2) is 6.71. The zero-order valence-corrected chi connectivity index (χ0v) is 14.3. The van der Waals surface area contributed by atoms with E-state index in [0.717, 1.165) is 12.8 Å². The normalized spacial score (nSPS) is 19.1. The van der Waals surface area contributed by atoms with Crippen molar-refractivity contribution in [2.24, 2.45) is 5.92 Å². The Morgan fingerprint density at radius 1 is 1.42 bits per heavy atom. The average molecular weight is 345 g/mol. The van der Waals surface area contributed by atoms with E-state index >= 15 is 0 Å². The van der Waals surface area contributed by atoms with Gasteiger partial charge in [-0.2, -0.15) is 14.7 Å². The fourth-order valence-corrected chi connectivity index (χ4v) is 4.89. The summed E-state index contributed by atoms with van der Waals surface area (Å²) in [6, 6.07) is 6.98. The molecule has 8 heteroatoms. The lowest BCUT2D eigenvalue weighted by Gasteiger charge is -2.32. The molecule has 0 unspecified atom stereocenters. The topological polar surface area (TPSA) is 91.9 Å². The van der Waals surface area contributed by atoms with Crippen LogP contribution in [0, 0.1) is 24.2 Å². The predicted molar refractivity (Wildman–Crippen MR) is 87.4 cm³/mol. The first-order valence-electron chi connectivity index (χ1n) is 7.84. The van der Waals surface area contributed by atoms with E-state index in [2.05, 4.69) is 10.1 Å². The molecule has 0 bridgehead atoms. The lowest BCUT2D eigenvalue weighted by Crippen LogP contribution is -2.41. The second-order valence-corrected chi connectivity index (χ2v) is 7.96. The number of nitrogens with zero attached hydrogens (tertiary/aromatic N) is 5. The fourth-order valence-electron chi connectivity index (χ4n) is 3.12. The molecule has 1 saturated heterocycles. The third-order valence-electron chi connectivity index (χ3n) is 4.36. The molecule has 1 aromatic carbocycles. The molecule has 0 N–H and O–H groups in total. The van der Waals surface area contributed by atoms with Crippen LogP contribution in [0.4, 0.5) is 0 Å². The van der Waals surface area contributed by atoms with Gasteiger partial charge in [0.2, 0.25) is 10.0 Å². The lowest BCUT2D eigenvalue weighted by atomic mass is 10.00. The van der Waals surface area contributed by atoms with Crippen molar-refractivity contribution in [2.45, 2.75) is 31.2 Å². The van der Waals surface area contributed by atoms with Crippen LogP contribution >= 0.6 is 0 Å². The maximum atomic E-state index is 13.0. The highest BCUT2D eigenvalue weighted by Gasteiger charge is 2.32. The minimum atomic E-state index is -3.67. The number of nitriles is 1. The average Bonchev–Trinajstić information content (AvgIpc) is 3.08. The number of piperidine rings is 1. The molecule has 2 heterocycles. The first kappa shape index (κ1) is 16.6. The van der Waals surface area contributed by atoms with E-state index in [1.54, 1.807) is 30.1 Å². The highest BCUT2D eigenvalue weighted by Crippen LogP contribution is 2.27. The predicted octanol–water partition coefficient (Wildman–Crippen LogP) is 1.56. The molecule has 126 valence electrons. The number of aryl methyl sites for hydroxylation is 1. The van der Waals surface area contributed by atoms with Gasteiger partial charge in [-0.25, -0.2) is 13.4 Å². The number of benzene rings is 1. The Morgan fingerprint density at radius 2 is 2.25 bits per heavy atom. The third-order valence-corrected chi connectivity index (χ3v) is 6.27. The number of sulfonamides is 1. The van der Waals surface area contributed by atoms with Gasteiger partial charge in [0, 0.05) is 19.6 Å².